The second kappa shape index (κ2) is 11.4. The molecule has 2 aromatic rings. The van der Waals surface area contributed by atoms with Gasteiger partial charge in [-0.05, 0) is 37.7 Å². The van der Waals surface area contributed by atoms with Crippen LogP contribution >= 0.6 is 11.6 Å². The summed E-state index contributed by atoms with van der Waals surface area (Å²) in [6, 6.07) is 1.69. The molecule has 0 radical (unpaired) electrons. The van der Waals surface area contributed by atoms with E-state index in [4.69, 9.17) is 21.1 Å². The number of carbonyl (C=O) groups excluding carboxylic acids is 2. The number of piperidine rings is 1. The second-order valence-electron chi connectivity index (χ2n) is 8.52. The first-order valence-electron chi connectivity index (χ1n) is 11.5. The smallest absolute Gasteiger partial charge is 0.409 e. The Hall–Kier alpha value is -2.98. The molecule has 34 heavy (non-hydrogen) atoms. The summed E-state index contributed by atoms with van der Waals surface area (Å²) in [5.74, 6) is 1.02. The standard InChI is InChI=1S/C23H29ClN6O4/c1-33-23(32)30-6-2-3-16(14-30)22(31)29-20-9-17(18(24)11-27-20)19-12-25-13-21(28-19)26-10-15-4-7-34-8-5-15/h9,11-13,15-16H,2-8,10,14H2,1H3,(H,26,28)(H,27,29,31). The number of amides is 2. The highest BCUT2D eigenvalue weighted by molar-refractivity contribution is 6.33. The van der Waals surface area contributed by atoms with E-state index in [-0.39, 0.29) is 11.8 Å². The topological polar surface area (TPSA) is 119 Å². The van der Waals surface area contributed by atoms with Crippen molar-refractivity contribution in [1.82, 2.24) is 19.9 Å². The lowest BCUT2D eigenvalue weighted by molar-refractivity contribution is -0.121. The SMILES string of the molecule is COC(=O)N1CCCC(C(=O)Nc2cc(-c3cncc(NCC4CCOCC4)n3)c(Cl)cn2)C1. The summed E-state index contributed by atoms with van der Waals surface area (Å²) >= 11 is 6.40. The Bertz CT molecular complexity index is 1020. The monoisotopic (exact) mass is 488 g/mol. The predicted molar refractivity (Wildman–Crippen MR) is 128 cm³/mol. The van der Waals surface area contributed by atoms with E-state index in [9.17, 15) is 9.59 Å². The van der Waals surface area contributed by atoms with Crippen molar-refractivity contribution in [3.05, 3.63) is 29.7 Å². The van der Waals surface area contributed by atoms with Gasteiger partial charge in [-0.2, -0.15) is 0 Å². The number of nitrogens with zero attached hydrogens (tertiary/aromatic N) is 4. The van der Waals surface area contributed by atoms with Crippen LogP contribution in [0.25, 0.3) is 11.3 Å². The quantitative estimate of drug-likeness (QED) is 0.634. The number of ether oxygens (including phenoxy) is 2. The molecule has 0 bridgehead atoms. The normalized spacial score (nSPS) is 18.9. The molecule has 2 N–H and O–H groups in total. The zero-order valence-electron chi connectivity index (χ0n) is 19.1. The molecule has 182 valence electrons. The highest BCUT2D eigenvalue weighted by Crippen LogP contribution is 2.29. The Labute approximate surface area is 203 Å². The predicted octanol–water partition coefficient (Wildman–Crippen LogP) is 3.45. The third-order valence-corrected chi connectivity index (χ3v) is 6.46. The molecule has 2 aromatic heterocycles. The number of carbonyl (C=O) groups is 2. The van der Waals surface area contributed by atoms with Gasteiger partial charge < -0.3 is 25.0 Å². The summed E-state index contributed by atoms with van der Waals surface area (Å²) in [6.07, 6.45) is 7.83. The van der Waals surface area contributed by atoms with Crippen LogP contribution in [-0.4, -0.2) is 71.8 Å². The van der Waals surface area contributed by atoms with Crippen LogP contribution in [0.1, 0.15) is 25.7 Å². The van der Waals surface area contributed by atoms with Crippen molar-refractivity contribution in [2.24, 2.45) is 11.8 Å². The number of nitrogens with one attached hydrogen (secondary N) is 2. The molecular formula is C23H29ClN6O4. The van der Waals surface area contributed by atoms with Gasteiger partial charge in [-0.3, -0.25) is 9.78 Å². The number of hydrogen-bond donors (Lipinski definition) is 2. The third-order valence-electron chi connectivity index (χ3n) is 6.15. The van der Waals surface area contributed by atoms with Crippen LogP contribution in [0.15, 0.2) is 24.7 Å². The Kier molecular flexibility index (Phi) is 8.12. The minimum Gasteiger partial charge on any atom is -0.453 e. The van der Waals surface area contributed by atoms with E-state index in [1.54, 1.807) is 23.4 Å². The summed E-state index contributed by atoms with van der Waals surface area (Å²) in [7, 11) is 1.34. The van der Waals surface area contributed by atoms with Crippen LogP contribution in [0.3, 0.4) is 0 Å². The lowest BCUT2D eigenvalue weighted by Crippen LogP contribution is -2.43. The van der Waals surface area contributed by atoms with E-state index >= 15 is 0 Å². The van der Waals surface area contributed by atoms with E-state index < -0.39 is 6.09 Å². The lowest BCUT2D eigenvalue weighted by Gasteiger charge is -2.30. The molecule has 0 aliphatic carbocycles. The fourth-order valence-corrected chi connectivity index (χ4v) is 4.40. The van der Waals surface area contributed by atoms with Crippen molar-refractivity contribution in [2.45, 2.75) is 25.7 Å². The van der Waals surface area contributed by atoms with Gasteiger partial charge in [-0.25, -0.2) is 14.8 Å². The number of halogens is 1. The molecule has 4 rings (SSSR count). The van der Waals surface area contributed by atoms with E-state index in [1.807, 2.05) is 0 Å². The number of pyridine rings is 1. The molecule has 4 heterocycles. The Balaban J connectivity index is 1.42. The van der Waals surface area contributed by atoms with Gasteiger partial charge in [0.1, 0.15) is 11.6 Å². The number of aromatic nitrogens is 3. The first kappa shape index (κ1) is 24.2. The zero-order chi connectivity index (χ0) is 23.9. The lowest BCUT2D eigenvalue weighted by atomic mass is 9.97. The van der Waals surface area contributed by atoms with Crippen LogP contribution in [0.2, 0.25) is 5.02 Å². The molecule has 2 aliphatic heterocycles. The van der Waals surface area contributed by atoms with Crippen molar-refractivity contribution in [1.29, 1.82) is 0 Å². The molecule has 2 saturated heterocycles. The van der Waals surface area contributed by atoms with Gasteiger partial charge in [0.15, 0.2) is 0 Å². The van der Waals surface area contributed by atoms with Gasteiger partial charge in [0.2, 0.25) is 5.91 Å². The van der Waals surface area contributed by atoms with Crippen LogP contribution in [0.4, 0.5) is 16.4 Å². The Morgan fingerprint density at radius 3 is 2.82 bits per heavy atom. The largest absolute Gasteiger partial charge is 0.453 e. The Morgan fingerprint density at radius 2 is 2.03 bits per heavy atom. The van der Waals surface area contributed by atoms with Gasteiger partial charge >= 0.3 is 6.09 Å². The molecular weight excluding hydrogens is 460 g/mol. The highest BCUT2D eigenvalue weighted by Gasteiger charge is 2.29. The van der Waals surface area contributed by atoms with Crippen LogP contribution < -0.4 is 10.6 Å². The van der Waals surface area contributed by atoms with Gasteiger partial charge in [0, 0.05) is 44.6 Å². The maximum absolute atomic E-state index is 12.8. The van der Waals surface area contributed by atoms with Crippen molar-refractivity contribution in [3.63, 3.8) is 0 Å². The fourth-order valence-electron chi connectivity index (χ4n) is 4.20. The second-order valence-corrected chi connectivity index (χ2v) is 8.93. The maximum Gasteiger partial charge on any atom is 0.409 e. The Morgan fingerprint density at radius 1 is 1.21 bits per heavy atom. The summed E-state index contributed by atoms with van der Waals surface area (Å²) in [6.45, 7) is 3.28. The van der Waals surface area contributed by atoms with E-state index in [1.165, 1.54) is 13.3 Å². The average molecular weight is 489 g/mol. The summed E-state index contributed by atoms with van der Waals surface area (Å²) < 4.78 is 10.2. The van der Waals surface area contributed by atoms with Crippen molar-refractivity contribution in [3.8, 4) is 11.3 Å². The van der Waals surface area contributed by atoms with Gasteiger partial charge in [-0.15, -0.1) is 0 Å². The molecule has 2 fully saturated rings. The highest BCUT2D eigenvalue weighted by atomic mass is 35.5. The summed E-state index contributed by atoms with van der Waals surface area (Å²) in [5.41, 5.74) is 1.20. The molecule has 0 spiro atoms. The summed E-state index contributed by atoms with van der Waals surface area (Å²) in [5, 5.41) is 6.60. The van der Waals surface area contributed by atoms with Crippen molar-refractivity contribution in [2.75, 3.05) is 50.6 Å². The van der Waals surface area contributed by atoms with E-state index in [0.29, 0.717) is 53.3 Å². The number of hydrogen-bond acceptors (Lipinski definition) is 8. The minimum absolute atomic E-state index is 0.202. The van der Waals surface area contributed by atoms with E-state index in [0.717, 1.165) is 39.0 Å². The molecule has 0 aromatic carbocycles. The minimum atomic E-state index is -0.423. The van der Waals surface area contributed by atoms with Crippen LogP contribution in [0.5, 0.6) is 0 Å². The third kappa shape index (κ3) is 6.12. The maximum atomic E-state index is 12.8. The van der Waals surface area contributed by atoms with Gasteiger partial charge in [0.05, 0.1) is 36.1 Å². The summed E-state index contributed by atoms with van der Waals surface area (Å²) in [4.78, 5) is 39.4. The van der Waals surface area contributed by atoms with Crippen LogP contribution in [0, 0.1) is 11.8 Å². The number of anilines is 2. The molecule has 1 unspecified atom stereocenters. The van der Waals surface area contributed by atoms with Crippen molar-refractivity contribution < 1.29 is 19.1 Å². The molecule has 1 atom stereocenters. The van der Waals surface area contributed by atoms with Gasteiger partial charge in [0.25, 0.3) is 0 Å². The van der Waals surface area contributed by atoms with Gasteiger partial charge in [-0.1, -0.05) is 11.6 Å². The number of likely N-dealkylation sites (tertiary alicyclic amines) is 1. The molecule has 0 saturated carbocycles. The molecule has 2 amide bonds. The average Bonchev–Trinajstić information content (AvgIpc) is 2.89. The zero-order valence-corrected chi connectivity index (χ0v) is 19.9. The molecule has 10 nitrogen and oxygen atoms in total. The fraction of sp³-hybridized carbons (Fsp3) is 0.522. The first-order valence-corrected chi connectivity index (χ1v) is 11.8. The van der Waals surface area contributed by atoms with Crippen molar-refractivity contribution >= 4 is 35.2 Å². The number of methoxy groups -OCH3 is 1. The van der Waals surface area contributed by atoms with Crippen LogP contribution in [-0.2, 0) is 14.3 Å². The first-order chi connectivity index (χ1) is 16.5. The van der Waals surface area contributed by atoms with E-state index in [2.05, 4.69) is 25.6 Å². The number of rotatable bonds is 6. The molecule has 2 aliphatic rings. The molecule has 11 heteroatoms.